The summed E-state index contributed by atoms with van der Waals surface area (Å²) in [6, 6.07) is 8.57. The molecule has 0 spiro atoms. The molecule has 0 amide bonds. The molecular formula is C11H16S. The van der Waals surface area contributed by atoms with Crippen LogP contribution in [0.2, 0.25) is 0 Å². The van der Waals surface area contributed by atoms with Gasteiger partial charge in [-0.15, -0.1) is 0 Å². The van der Waals surface area contributed by atoms with E-state index in [4.69, 9.17) is 0 Å². The second-order valence-corrected chi connectivity index (χ2v) is 3.35. The molecule has 0 aliphatic rings. The number of unbranched alkanes of at least 4 members (excludes halogenated alkanes) is 1. The Bertz CT molecular complexity index is 230. The maximum Gasteiger partial charge on any atom is 0.0157 e. The van der Waals surface area contributed by atoms with Gasteiger partial charge < -0.3 is 0 Å². The molecule has 0 aromatic heterocycles. The first-order valence-electron chi connectivity index (χ1n) is 4.56. The van der Waals surface area contributed by atoms with Gasteiger partial charge >= 0.3 is 0 Å². The van der Waals surface area contributed by atoms with Crippen molar-refractivity contribution in [3.63, 3.8) is 0 Å². The van der Waals surface area contributed by atoms with Gasteiger partial charge in [-0.25, -0.2) is 0 Å². The highest BCUT2D eigenvalue weighted by molar-refractivity contribution is 7.79. The largest absolute Gasteiger partial charge is 0.175 e. The van der Waals surface area contributed by atoms with E-state index in [2.05, 4.69) is 43.8 Å². The minimum Gasteiger partial charge on any atom is -0.175 e. The summed E-state index contributed by atoms with van der Waals surface area (Å²) >= 11 is 4.30. The van der Waals surface area contributed by atoms with E-state index in [1.54, 1.807) is 0 Å². The molecule has 0 nitrogen and oxygen atoms in total. The summed E-state index contributed by atoms with van der Waals surface area (Å²) in [5.41, 5.74) is 2.85. The maximum atomic E-state index is 4.30. The van der Waals surface area contributed by atoms with E-state index in [1.807, 2.05) is 0 Å². The van der Waals surface area contributed by atoms with Crippen molar-refractivity contribution in [3.05, 3.63) is 35.4 Å². The summed E-state index contributed by atoms with van der Waals surface area (Å²) in [5.74, 6) is 0.861. The molecule has 1 aromatic carbocycles. The van der Waals surface area contributed by atoms with Crippen LogP contribution in [0.3, 0.4) is 0 Å². The van der Waals surface area contributed by atoms with Crippen molar-refractivity contribution in [3.8, 4) is 0 Å². The normalized spacial score (nSPS) is 10.2. The molecule has 66 valence electrons. The van der Waals surface area contributed by atoms with Gasteiger partial charge in [-0.2, -0.15) is 12.6 Å². The zero-order valence-corrected chi connectivity index (χ0v) is 8.48. The van der Waals surface area contributed by atoms with Crippen molar-refractivity contribution in [2.24, 2.45) is 0 Å². The van der Waals surface area contributed by atoms with E-state index >= 15 is 0 Å². The van der Waals surface area contributed by atoms with E-state index < -0.39 is 0 Å². The number of benzene rings is 1. The lowest BCUT2D eigenvalue weighted by atomic mass is 10.0. The standard InChI is InChI=1S/C11H16S/c1-2-3-6-10-7-4-5-8-11(10)9-12/h4-5,7-8,12H,2-3,6,9H2,1H3. The lowest BCUT2D eigenvalue weighted by molar-refractivity contribution is 0.791. The van der Waals surface area contributed by atoms with Gasteiger partial charge in [0.05, 0.1) is 0 Å². The van der Waals surface area contributed by atoms with Gasteiger partial charge in [0, 0.05) is 5.75 Å². The van der Waals surface area contributed by atoms with E-state index in [-0.39, 0.29) is 0 Å². The zero-order chi connectivity index (χ0) is 8.81. The topological polar surface area (TPSA) is 0 Å². The van der Waals surface area contributed by atoms with Crippen molar-refractivity contribution in [1.29, 1.82) is 0 Å². The van der Waals surface area contributed by atoms with Crippen LogP contribution >= 0.6 is 12.6 Å². The average Bonchev–Trinajstić information content (AvgIpc) is 2.15. The second-order valence-electron chi connectivity index (χ2n) is 3.03. The molecule has 0 radical (unpaired) electrons. The number of hydrogen-bond acceptors (Lipinski definition) is 1. The Hall–Kier alpha value is -0.430. The van der Waals surface area contributed by atoms with Gasteiger partial charge in [0.25, 0.3) is 0 Å². The van der Waals surface area contributed by atoms with Crippen LogP contribution in [0.25, 0.3) is 0 Å². The van der Waals surface area contributed by atoms with Gasteiger partial charge in [0.1, 0.15) is 0 Å². The first-order valence-corrected chi connectivity index (χ1v) is 5.19. The number of hydrogen-bond donors (Lipinski definition) is 1. The Morgan fingerprint density at radius 2 is 1.83 bits per heavy atom. The van der Waals surface area contributed by atoms with Gasteiger partial charge in [0.2, 0.25) is 0 Å². The highest BCUT2D eigenvalue weighted by Crippen LogP contribution is 2.13. The van der Waals surface area contributed by atoms with E-state index in [9.17, 15) is 0 Å². The SMILES string of the molecule is CCCCc1ccccc1CS. The summed E-state index contributed by atoms with van der Waals surface area (Å²) in [6.45, 7) is 2.23. The summed E-state index contributed by atoms with van der Waals surface area (Å²) in [6.07, 6.45) is 3.75. The molecule has 0 saturated carbocycles. The van der Waals surface area contributed by atoms with Crippen LogP contribution in [0.5, 0.6) is 0 Å². The quantitative estimate of drug-likeness (QED) is 0.674. The molecule has 0 fully saturated rings. The Labute approximate surface area is 80.4 Å². The molecule has 0 unspecified atom stereocenters. The Kier molecular flexibility index (Phi) is 4.23. The molecule has 1 heteroatoms. The molecule has 12 heavy (non-hydrogen) atoms. The smallest absolute Gasteiger partial charge is 0.0157 e. The number of thiol groups is 1. The fourth-order valence-electron chi connectivity index (χ4n) is 1.32. The first-order chi connectivity index (χ1) is 5.88. The first kappa shape index (κ1) is 9.66. The van der Waals surface area contributed by atoms with Crippen molar-refractivity contribution in [1.82, 2.24) is 0 Å². The third-order valence-electron chi connectivity index (χ3n) is 2.09. The molecule has 1 rings (SSSR count). The minimum absolute atomic E-state index is 0.861. The number of rotatable bonds is 4. The highest BCUT2D eigenvalue weighted by Gasteiger charge is 1.97. The zero-order valence-electron chi connectivity index (χ0n) is 7.59. The molecule has 0 N–H and O–H groups in total. The summed E-state index contributed by atoms with van der Waals surface area (Å²) < 4.78 is 0. The van der Waals surface area contributed by atoms with Crippen LogP contribution in [-0.2, 0) is 12.2 Å². The van der Waals surface area contributed by atoms with Crippen LogP contribution < -0.4 is 0 Å². The molecule has 0 aliphatic heterocycles. The van der Waals surface area contributed by atoms with Crippen molar-refractivity contribution in [2.45, 2.75) is 31.9 Å². The van der Waals surface area contributed by atoms with Crippen LogP contribution in [0.4, 0.5) is 0 Å². The van der Waals surface area contributed by atoms with Crippen LogP contribution in [-0.4, -0.2) is 0 Å². The van der Waals surface area contributed by atoms with Gasteiger partial charge in [0.15, 0.2) is 0 Å². The fraction of sp³-hybridized carbons (Fsp3) is 0.455. The molecule has 0 aliphatic carbocycles. The molecule has 0 bridgehead atoms. The maximum absolute atomic E-state index is 4.30. The van der Waals surface area contributed by atoms with E-state index in [1.165, 1.54) is 30.4 Å². The van der Waals surface area contributed by atoms with Gasteiger partial charge in [-0.3, -0.25) is 0 Å². The summed E-state index contributed by atoms with van der Waals surface area (Å²) in [7, 11) is 0. The molecule has 0 saturated heterocycles. The third kappa shape index (κ3) is 2.56. The van der Waals surface area contributed by atoms with Gasteiger partial charge in [-0.1, -0.05) is 37.6 Å². The lowest BCUT2D eigenvalue weighted by Crippen LogP contribution is -1.90. The van der Waals surface area contributed by atoms with E-state index in [0.29, 0.717) is 0 Å². The Balaban J connectivity index is 2.68. The molecule has 1 aromatic rings. The average molecular weight is 180 g/mol. The Morgan fingerprint density at radius 3 is 2.42 bits per heavy atom. The van der Waals surface area contributed by atoms with Crippen LogP contribution in [0.1, 0.15) is 30.9 Å². The monoisotopic (exact) mass is 180 g/mol. The van der Waals surface area contributed by atoms with Crippen molar-refractivity contribution >= 4 is 12.6 Å². The molecule has 0 heterocycles. The minimum atomic E-state index is 0.861. The predicted molar refractivity (Wildman–Crippen MR) is 57.7 cm³/mol. The summed E-state index contributed by atoms with van der Waals surface area (Å²) in [4.78, 5) is 0. The van der Waals surface area contributed by atoms with Crippen LogP contribution in [0, 0.1) is 0 Å². The van der Waals surface area contributed by atoms with Gasteiger partial charge in [-0.05, 0) is 24.0 Å². The fourth-order valence-corrected chi connectivity index (χ4v) is 1.63. The Morgan fingerprint density at radius 1 is 1.17 bits per heavy atom. The third-order valence-corrected chi connectivity index (χ3v) is 2.43. The molecule has 0 atom stereocenters. The van der Waals surface area contributed by atoms with Crippen molar-refractivity contribution in [2.75, 3.05) is 0 Å². The second kappa shape index (κ2) is 5.26. The van der Waals surface area contributed by atoms with Crippen molar-refractivity contribution < 1.29 is 0 Å². The van der Waals surface area contributed by atoms with Crippen LogP contribution in [0.15, 0.2) is 24.3 Å². The van der Waals surface area contributed by atoms with E-state index in [0.717, 1.165) is 5.75 Å². The predicted octanol–water partition coefficient (Wildman–Crippen LogP) is 3.46. The number of aryl methyl sites for hydroxylation is 1. The lowest BCUT2D eigenvalue weighted by Gasteiger charge is -2.05. The molecular weight excluding hydrogens is 164 g/mol. The highest BCUT2D eigenvalue weighted by atomic mass is 32.1. The summed E-state index contributed by atoms with van der Waals surface area (Å²) in [5, 5.41) is 0.